The van der Waals surface area contributed by atoms with Gasteiger partial charge < -0.3 is 14.1 Å². The normalized spacial score (nSPS) is 28.3. The number of thioether (sulfide) groups is 1. The van der Waals surface area contributed by atoms with Gasteiger partial charge in [0.15, 0.2) is 5.17 Å². The molecule has 112 valence electrons. The Bertz CT molecular complexity index is 610. The molecule has 5 nitrogen and oxygen atoms in total. The average molecular weight is 306 g/mol. The standard InChI is InChI=1S/C15H18N2O3S/c1-9-4-5-12(20-9)6-13-14(18)16-15(21-13)17-7-10(2)19-11(3)8-17/h4-6,10-11H,7-8H2,1-3H3/b13-6+/t10-,11-/m0/s1. The molecular weight excluding hydrogens is 288 g/mol. The second kappa shape index (κ2) is 5.69. The van der Waals surface area contributed by atoms with E-state index in [1.54, 1.807) is 6.08 Å². The molecule has 0 spiro atoms. The Morgan fingerprint density at radius 1 is 1.33 bits per heavy atom. The van der Waals surface area contributed by atoms with Gasteiger partial charge in [0.2, 0.25) is 0 Å². The Kier molecular flexibility index (Phi) is 3.91. The first-order valence-electron chi connectivity index (χ1n) is 7.00. The van der Waals surface area contributed by atoms with Gasteiger partial charge in [0.25, 0.3) is 5.91 Å². The molecule has 3 heterocycles. The summed E-state index contributed by atoms with van der Waals surface area (Å²) in [5.74, 6) is 1.31. The van der Waals surface area contributed by atoms with Crippen molar-refractivity contribution in [2.75, 3.05) is 13.1 Å². The Morgan fingerprint density at radius 3 is 2.67 bits per heavy atom. The van der Waals surface area contributed by atoms with Gasteiger partial charge >= 0.3 is 0 Å². The Morgan fingerprint density at radius 2 is 2.05 bits per heavy atom. The molecule has 2 aliphatic heterocycles. The van der Waals surface area contributed by atoms with E-state index in [2.05, 4.69) is 9.89 Å². The molecule has 0 aromatic carbocycles. The van der Waals surface area contributed by atoms with E-state index < -0.39 is 0 Å². The van der Waals surface area contributed by atoms with Crippen LogP contribution in [0.15, 0.2) is 26.4 Å². The van der Waals surface area contributed by atoms with Gasteiger partial charge in [0.05, 0.1) is 17.1 Å². The molecule has 1 saturated heterocycles. The van der Waals surface area contributed by atoms with E-state index in [9.17, 15) is 4.79 Å². The molecular formula is C15H18N2O3S. The van der Waals surface area contributed by atoms with Crippen molar-refractivity contribution in [2.45, 2.75) is 33.0 Å². The number of rotatable bonds is 1. The molecule has 2 atom stereocenters. The van der Waals surface area contributed by atoms with Crippen LogP contribution < -0.4 is 0 Å². The highest BCUT2D eigenvalue weighted by atomic mass is 32.2. The zero-order chi connectivity index (χ0) is 15.0. The van der Waals surface area contributed by atoms with Crippen LogP contribution in [0.2, 0.25) is 0 Å². The lowest BCUT2D eigenvalue weighted by atomic mass is 10.2. The number of amidine groups is 1. The molecule has 3 rings (SSSR count). The van der Waals surface area contributed by atoms with Crippen molar-refractivity contribution in [1.82, 2.24) is 4.90 Å². The van der Waals surface area contributed by atoms with Crippen molar-refractivity contribution in [3.8, 4) is 0 Å². The maximum Gasteiger partial charge on any atom is 0.286 e. The molecule has 1 fully saturated rings. The van der Waals surface area contributed by atoms with Crippen LogP contribution in [0.25, 0.3) is 6.08 Å². The number of morpholine rings is 1. The number of furan rings is 1. The summed E-state index contributed by atoms with van der Waals surface area (Å²) in [5.41, 5.74) is 0. The largest absolute Gasteiger partial charge is 0.462 e. The maximum atomic E-state index is 12.0. The summed E-state index contributed by atoms with van der Waals surface area (Å²) < 4.78 is 11.2. The number of nitrogens with zero attached hydrogens (tertiary/aromatic N) is 2. The van der Waals surface area contributed by atoms with E-state index in [-0.39, 0.29) is 18.1 Å². The molecule has 0 radical (unpaired) electrons. The SMILES string of the molecule is Cc1ccc(/C=C2/SC(N3C[C@H](C)O[C@@H](C)C3)=NC2=O)o1. The second-order valence-electron chi connectivity index (χ2n) is 5.42. The van der Waals surface area contributed by atoms with E-state index in [4.69, 9.17) is 9.15 Å². The smallest absolute Gasteiger partial charge is 0.286 e. The fourth-order valence-electron chi connectivity index (χ4n) is 2.53. The molecule has 0 N–H and O–H groups in total. The summed E-state index contributed by atoms with van der Waals surface area (Å²) >= 11 is 1.41. The third kappa shape index (κ3) is 3.22. The van der Waals surface area contributed by atoms with E-state index >= 15 is 0 Å². The van der Waals surface area contributed by atoms with Crippen LogP contribution >= 0.6 is 11.8 Å². The number of hydrogen-bond donors (Lipinski definition) is 0. The highest BCUT2D eigenvalue weighted by molar-refractivity contribution is 8.18. The first-order chi connectivity index (χ1) is 10.0. The zero-order valence-electron chi connectivity index (χ0n) is 12.3. The van der Waals surface area contributed by atoms with Crippen LogP contribution in [0, 0.1) is 6.92 Å². The molecule has 0 bridgehead atoms. The van der Waals surface area contributed by atoms with Crippen molar-refractivity contribution in [3.63, 3.8) is 0 Å². The van der Waals surface area contributed by atoms with Gasteiger partial charge in [-0.3, -0.25) is 4.79 Å². The van der Waals surface area contributed by atoms with Gasteiger partial charge in [0, 0.05) is 19.2 Å². The maximum absolute atomic E-state index is 12.0. The summed E-state index contributed by atoms with van der Waals surface area (Å²) in [6, 6.07) is 3.73. The van der Waals surface area contributed by atoms with Gasteiger partial charge in [-0.25, -0.2) is 0 Å². The lowest BCUT2D eigenvalue weighted by molar-refractivity contribution is -0.113. The number of aryl methyl sites for hydroxylation is 1. The molecule has 0 aliphatic carbocycles. The summed E-state index contributed by atoms with van der Waals surface area (Å²) in [6.07, 6.45) is 2.05. The Hall–Kier alpha value is -1.53. The Labute approximate surface area is 128 Å². The predicted octanol–water partition coefficient (Wildman–Crippen LogP) is 2.67. The molecule has 1 aromatic heterocycles. The van der Waals surface area contributed by atoms with Gasteiger partial charge in [-0.15, -0.1) is 0 Å². The topological polar surface area (TPSA) is 55.0 Å². The quantitative estimate of drug-likeness (QED) is 0.747. The van der Waals surface area contributed by atoms with Crippen LogP contribution in [0.4, 0.5) is 0 Å². The van der Waals surface area contributed by atoms with Crippen LogP contribution in [0.5, 0.6) is 0 Å². The molecule has 0 saturated carbocycles. The lowest BCUT2D eigenvalue weighted by Crippen LogP contribution is -2.47. The average Bonchev–Trinajstić information content (AvgIpc) is 2.96. The second-order valence-corrected chi connectivity index (χ2v) is 6.43. The number of ether oxygens (including phenoxy) is 1. The molecule has 1 amide bonds. The van der Waals surface area contributed by atoms with E-state index in [1.165, 1.54) is 11.8 Å². The molecule has 0 unspecified atom stereocenters. The van der Waals surface area contributed by atoms with Crippen molar-refractivity contribution in [3.05, 3.63) is 28.6 Å². The van der Waals surface area contributed by atoms with E-state index in [1.807, 2.05) is 32.9 Å². The molecule has 1 aromatic rings. The van der Waals surface area contributed by atoms with Crippen molar-refractivity contribution in [1.29, 1.82) is 0 Å². The van der Waals surface area contributed by atoms with Crippen molar-refractivity contribution >= 4 is 28.9 Å². The van der Waals surface area contributed by atoms with Crippen LogP contribution in [-0.4, -0.2) is 41.3 Å². The molecule has 2 aliphatic rings. The van der Waals surface area contributed by atoms with Crippen molar-refractivity contribution < 1.29 is 13.9 Å². The Balaban J connectivity index is 1.74. The number of carbonyl (C=O) groups excluding carboxylic acids is 1. The number of hydrogen-bond acceptors (Lipinski definition) is 5. The lowest BCUT2D eigenvalue weighted by Gasteiger charge is -2.35. The monoisotopic (exact) mass is 306 g/mol. The zero-order valence-corrected chi connectivity index (χ0v) is 13.1. The highest BCUT2D eigenvalue weighted by Gasteiger charge is 2.31. The van der Waals surface area contributed by atoms with Gasteiger partial charge in [-0.05, 0) is 44.7 Å². The predicted molar refractivity (Wildman–Crippen MR) is 83.0 cm³/mol. The minimum absolute atomic E-state index is 0.146. The van der Waals surface area contributed by atoms with Crippen molar-refractivity contribution in [2.24, 2.45) is 4.99 Å². The fraction of sp³-hybridized carbons (Fsp3) is 0.467. The summed E-state index contributed by atoms with van der Waals surface area (Å²) in [7, 11) is 0. The third-order valence-corrected chi connectivity index (χ3v) is 4.38. The van der Waals surface area contributed by atoms with E-state index in [0.717, 1.165) is 24.0 Å². The minimum atomic E-state index is -0.198. The van der Waals surface area contributed by atoms with E-state index in [0.29, 0.717) is 10.7 Å². The first kappa shape index (κ1) is 14.4. The minimum Gasteiger partial charge on any atom is -0.462 e. The van der Waals surface area contributed by atoms with Crippen LogP contribution in [0.3, 0.4) is 0 Å². The number of amides is 1. The van der Waals surface area contributed by atoms with Gasteiger partial charge in [0.1, 0.15) is 11.5 Å². The number of carbonyl (C=O) groups is 1. The van der Waals surface area contributed by atoms with Gasteiger partial charge in [-0.2, -0.15) is 4.99 Å². The highest BCUT2D eigenvalue weighted by Crippen LogP contribution is 2.31. The fourth-order valence-corrected chi connectivity index (χ4v) is 3.44. The molecule has 6 heteroatoms. The summed E-state index contributed by atoms with van der Waals surface area (Å²) in [6.45, 7) is 7.47. The number of aliphatic imine (C=N–C) groups is 1. The third-order valence-electron chi connectivity index (χ3n) is 3.33. The van der Waals surface area contributed by atoms with Gasteiger partial charge in [-0.1, -0.05) is 0 Å². The van der Waals surface area contributed by atoms with Crippen LogP contribution in [-0.2, 0) is 9.53 Å². The molecule has 21 heavy (non-hydrogen) atoms. The summed E-state index contributed by atoms with van der Waals surface area (Å²) in [4.78, 5) is 18.9. The first-order valence-corrected chi connectivity index (χ1v) is 7.82. The van der Waals surface area contributed by atoms with Crippen LogP contribution in [0.1, 0.15) is 25.4 Å². The summed E-state index contributed by atoms with van der Waals surface area (Å²) in [5, 5.41) is 0.761.